The van der Waals surface area contributed by atoms with Crippen molar-refractivity contribution in [1.82, 2.24) is 15.3 Å². The van der Waals surface area contributed by atoms with Gasteiger partial charge in [-0.05, 0) is 41.2 Å². The van der Waals surface area contributed by atoms with E-state index in [4.69, 9.17) is 0 Å². The molecular formula is C11H12BrN3S. The van der Waals surface area contributed by atoms with Crippen molar-refractivity contribution in [2.45, 2.75) is 12.5 Å². The normalized spacial score (nSPS) is 12.6. The lowest BCUT2D eigenvalue weighted by Crippen LogP contribution is -2.20. The third-order valence-corrected chi connectivity index (χ3v) is 3.93. The molecule has 1 unspecified atom stereocenters. The zero-order valence-corrected chi connectivity index (χ0v) is 11.3. The van der Waals surface area contributed by atoms with Gasteiger partial charge in [-0.25, -0.2) is 9.97 Å². The topological polar surface area (TPSA) is 37.8 Å². The van der Waals surface area contributed by atoms with Gasteiger partial charge in [-0.3, -0.25) is 0 Å². The van der Waals surface area contributed by atoms with E-state index in [2.05, 4.69) is 43.3 Å². The highest BCUT2D eigenvalue weighted by molar-refractivity contribution is 9.11. The number of hydrogen-bond donors (Lipinski definition) is 1. The number of rotatable bonds is 4. The Morgan fingerprint density at radius 3 is 2.69 bits per heavy atom. The third-order valence-electron chi connectivity index (χ3n) is 2.28. The molecule has 0 saturated heterocycles. The molecule has 84 valence electrons. The molecule has 0 aliphatic heterocycles. The maximum atomic E-state index is 4.27. The van der Waals surface area contributed by atoms with Crippen LogP contribution >= 0.6 is 27.3 Å². The van der Waals surface area contributed by atoms with E-state index < -0.39 is 0 Å². The molecule has 0 radical (unpaired) electrons. The van der Waals surface area contributed by atoms with Crippen LogP contribution in [0.15, 0.2) is 34.4 Å². The molecule has 2 aromatic rings. The average molecular weight is 298 g/mol. The summed E-state index contributed by atoms with van der Waals surface area (Å²) in [5.41, 5.74) is 0. The Kier molecular flexibility index (Phi) is 4.04. The van der Waals surface area contributed by atoms with E-state index in [1.807, 2.05) is 13.1 Å². The Morgan fingerprint density at radius 1 is 1.38 bits per heavy atom. The number of hydrogen-bond acceptors (Lipinski definition) is 4. The largest absolute Gasteiger partial charge is 0.310 e. The van der Waals surface area contributed by atoms with Crippen molar-refractivity contribution in [1.29, 1.82) is 0 Å². The fourth-order valence-electron chi connectivity index (χ4n) is 1.48. The Balaban J connectivity index is 2.12. The summed E-state index contributed by atoms with van der Waals surface area (Å²) in [6.45, 7) is 0. The molecular weight excluding hydrogens is 286 g/mol. The van der Waals surface area contributed by atoms with Crippen LogP contribution in [0, 0.1) is 0 Å². The number of nitrogens with one attached hydrogen (secondary N) is 1. The monoisotopic (exact) mass is 297 g/mol. The lowest BCUT2D eigenvalue weighted by atomic mass is 10.1. The van der Waals surface area contributed by atoms with Crippen LogP contribution in [0.2, 0.25) is 0 Å². The summed E-state index contributed by atoms with van der Waals surface area (Å²) in [5.74, 6) is 0.842. The molecule has 3 nitrogen and oxygen atoms in total. The molecule has 2 rings (SSSR count). The molecule has 0 aliphatic carbocycles. The Morgan fingerprint density at radius 2 is 2.12 bits per heavy atom. The van der Waals surface area contributed by atoms with E-state index in [9.17, 15) is 0 Å². The van der Waals surface area contributed by atoms with Gasteiger partial charge in [0.15, 0.2) is 0 Å². The molecule has 0 aromatic carbocycles. The second-order valence-corrected chi connectivity index (χ2v) is 5.91. The lowest BCUT2D eigenvalue weighted by Gasteiger charge is -2.12. The summed E-state index contributed by atoms with van der Waals surface area (Å²) >= 11 is 5.21. The van der Waals surface area contributed by atoms with Gasteiger partial charge in [0.1, 0.15) is 5.82 Å². The van der Waals surface area contributed by atoms with Crippen molar-refractivity contribution in [2.24, 2.45) is 0 Å². The summed E-state index contributed by atoms with van der Waals surface area (Å²) < 4.78 is 1.16. The first kappa shape index (κ1) is 11.7. The van der Waals surface area contributed by atoms with Crippen molar-refractivity contribution in [3.8, 4) is 0 Å². The van der Waals surface area contributed by atoms with Gasteiger partial charge in [0, 0.05) is 23.7 Å². The van der Waals surface area contributed by atoms with Crippen molar-refractivity contribution >= 4 is 27.3 Å². The third kappa shape index (κ3) is 2.87. The molecule has 1 atom stereocenters. The van der Waals surface area contributed by atoms with Crippen molar-refractivity contribution in [2.75, 3.05) is 7.05 Å². The van der Waals surface area contributed by atoms with E-state index in [1.165, 1.54) is 4.88 Å². The maximum absolute atomic E-state index is 4.27. The highest BCUT2D eigenvalue weighted by atomic mass is 79.9. The zero-order valence-electron chi connectivity index (χ0n) is 8.85. The maximum Gasteiger partial charge on any atom is 0.145 e. The van der Waals surface area contributed by atoms with Gasteiger partial charge in [0.2, 0.25) is 0 Å². The molecule has 2 heterocycles. The Hall–Kier alpha value is -0.780. The zero-order chi connectivity index (χ0) is 11.4. The van der Waals surface area contributed by atoms with Gasteiger partial charge in [0.05, 0.1) is 9.83 Å². The summed E-state index contributed by atoms with van der Waals surface area (Å²) in [6.07, 6.45) is 4.46. The number of halogens is 1. The lowest BCUT2D eigenvalue weighted by molar-refractivity contribution is 0.561. The molecule has 0 amide bonds. The highest BCUT2D eigenvalue weighted by Gasteiger charge is 2.13. The standard InChI is InChI=1S/C11H12BrN3S/c1-13-9(11-14-5-2-6-15-11)7-8-3-4-10(12)16-8/h2-6,9,13H,7H2,1H3. The van der Waals surface area contributed by atoms with Gasteiger partial charge < -0.3 is 5.32 Å². The van der Waals surface area contributed by atoms with Crippen LogP contribution in [-0.4, -0.2) is 17.0 Å². The minimum absolute atomic E-state index is 0.173. The molecule has 16 heavy (non-hydrogen) atoms. The first-order chi connectivity index (χ1) is 7.79. The molecule has 0 fully saturated rings. The highest BCUT2D eigenvalue weighted by Crippen LogP contribution is 2.25. The second-order valence-electron chi connectivity index (χ2n) is 3.36. The SMILES string of the molecule is CNC(Cc1ccc(Br)s1)c1ncccn1. The second kappa shape index (κ2) is 5.52. The minimum atomic E-state index is 0.173. The van der Waals surface area contributed by atoms with Gasteiger partial charge in [-0.1, -0.05) is 0 Å². The summed E-state index contributed by atoms with van der Waals surface area (Å²) in [7, 11) is 1.93. The fraction of sp³-hybridized carbons (Fsp3) is 0.273. The molecule has 0 spiro atoms. The van der Waals surface area contributed by atoms with Crippen LogP contribution in [0.5, 0.6) is 0 Å². The van der Waals surface area contributed by atoms with Crippen LogP contribution in [-0.2, 0) is 6.42 Å². The van der Waals surface area contributed by atoms with E-state index in [-0.39, 0.29) is 6.04 Å². The van der Waals surface area contributed by atoms with Crippen molar-refractivity contribution < 1.29 is 0 Å². The molecule has 1 N–H and O–H groups in total. The predicted molar refractivity (Wildman–Crippen MR) is 69.6 cm³/mol. The van der Waals surface area contributed by atoms with Crippen LogP contribution < -0.4 is 5.32 Å². The summed E-state index contributed by atoms with van der Waals surface area (Å²) in [4.78, 5) is 9.86. The van der Waals surface area contributed by atoms with Gasteiger partial charge in [-0.15, -0.1) is 11.3 Å². The van der Waals surface area contributed by atoms with Crippen LogP contribution in [0.25, 0.3) is 0 Å². The quantitative estimate of drug-likeness (QED) is 0.943. The van der Waals surface area contributed by atoms with Crippen LogP contribution in [0.1, 0.15) is 16.7 Å². The average Bonchev–Trinajstić information content (AvgIpc) is 2.73. The molecule has 2 aromatic heterocycles. The number of thiophene rings is 1. The summed E-state index contributed by atoms with van der Waals surface area (Å²) in [5, 5.41) is 3.24. The van der Waals surface area contributed by atoms with E-state index >= 15 is 0 Å². The van der Waals surface area contributed by atoms with E-state index in [0.29, 0.717) is 0 Å². The van der Waals surface area contributed by atoms with E-state index in [1.54, 1.807) is 23.7 Å². The Bertz CT molecular complexity index is 444. The van der Waals surface area contributed by atoms with Crippen molar-refractivity contribution in [3.05, 3.63) is 45.1 Å². The number of aromatic nitrogens is 2. The van der Waals surface area contributed by atoms with Crippen LogP contribution in [0.4, 0.5) is 0 Å². The number of likely N-dealkylation sites (N-methyl/N-ethyl adjacent to an activating group) is 1. The van der Waals surface area contributed by atoms with Gasteiger partial charge in [0.25, 0.3) is 0 Å². The van der Waals surface area contributed by atoms with E-state index in [0.717, 1.165) is 16.0 Å². The van der Waals surface area contributed by atoms with Crippen LogP contribution in [0.3, 0.4) is 0 Å². The number of nitrogens with zero attached hydrogens (tertiary/aromatic N) is 2. The smallest absolute Gasteiger partial charge is 0.145 e. The summed E-state index contributed by atoms with van der Waals surface area (Å²) in [6, 6.07) is 6.20. The first-order valence-electron chi connectivity index (χ1n) is 4.98. The minimum Gasteiger partial charge on any atom is -0.310 e. The van der Waals surface area contributed by atoms with Gasteiger partial charge in [-0.2, -0.15) is 0 Å². The molecule has 5 heteroatoms. The predicted octanol–water partition coefficient (Wildman–Crippen LogP) is 2.80. The Labute approximate surface area is 107 Å². The molecule has 0 saturated carbocycles. The first-order valence-corrected chi connectivity index (χ1v) is 6.59. The van der Waals surface area contributed by atoms with Gasteiger partial charge >= 0.3 is 0 Å². The molecule has 0 aliphatic rings. The van der Waals surface area contributed by atoms with Crippen molar-refractivity contribution in [3.63, 3.8) is 0 Å². The molecule has 0 bridgehead atoms. The fourth-order valence-corrected chi connectivity index (χ4v) is 3.00.